The molecule has 2 rings (SSSR count). The molecule has 0 spiro atoms. The molecule has 1 N–H and O–H groups in total. The van der Waals surface area contributed by atoms with E-state index in [1.54, 1.807) is 0 Å². The molecule has 4 nitrogen and oxygen atoms in total. The first-order valence-electron chi connectivity index (χ1n) is 8.30. The molecule has 0 bridgehead atoms. The lowest BCUT2D eigenvalue weighted by Crippen LogP contribution is -2.44. The van der Waals surface area contributed by atoms with Crippen molar-refractivity contribution in [2.45, 2.75) is 26.2 Å². The normalized spacial score (nSPS) is 16.7. The molecule has 1 aromatic rings. The molecule has 0 saturated carbocycles. The van der Waals surface area contributed by atoms with Crippen molar-refractivity contribution >= 4 is 0 Å². The maximum absolute atomic E-state index is 5.72. The van der Waals surface area contributed by atoms with Gasteiger partial charge < -0.3 is 14.8 Å². The van der Waals surface area contributed by atoms with Crippen LogP contribution in [0.2, 0.25) is 0 Å². The largest absolute Gasteiger partial charge is 0.491 e. The van der Waals surface area contributed by atoms with E-state index in [0.717, 1.165) is 45.1 Å². The molecule has 0 atom stereocenters. The van der Waals surface area contributed by atoms with Crippen molar-refractivity contribution in [1.82, 2.24) is 10.2 Å². The summed E-state index contributed by atoms with van der Waals surface area (Å²) in [6.07, 6.45) is 0. The number of benzene rings is 1. The summed E-state index contributed by atoms with van der Waals surface area (Å²) in [4.78, 5) is 2.43. The molecule has 1 fully saturated rings. The highest BCUT2D eigenvalue weighted by atomic mass is 16.5. The van der Waals surface area contributed by atoms with Gasteiger partial charge in [0, 0.05) is 32.7 Å². The Kier molecular flexibility index (Phi) is 6.68. The Hall–Kier alpha value is -1.10. The van der Waals surface area contributed by atoms with Gasteiger partial charge in [0.1, 0.15) is 12.4 Å². The van der Waals surface area contributed by atoms with Gasteiger partial charge in [-0.3, -0.25) is 4.90 Å². The molecule has 1 aromatic carbocycles. The second-order valence-electron chi connectivity index (χ2n) is 6.83. The molecule has 0 aromatic heterocycles. The van der Waals surface area contributed by atoms with Gasteiger partial charge in [-0.2, -0.15) is 0 Å². The first kappa shape index (κ1) is 17.3. The van der Waals surface area contributed by atoms with E-state index in [4.69, 9.17) is 9.47 Å². The third-order valence-corrected chi connectivity index (χ3v) is 3.98. The summed E-state index contributed by atoms with van der Waals surface area (Å²) in [6, 6.07) is 8.36. The number of rotatable bonds is 7. The lowest BCUT2D eigenvalue weighted by Gasteiger charge is -2.26. The lowest BCUT2D eigenvalue weighted by molar-refractivity contribution is 0.0767. The van der Waals surface area contributed by atoms with E-state index in [1.807, 2.05) is 12.1 Å². The molecule has 124 valence electrons. The molecule has 0 amide bonds. The van der Waals surface area contributed by atoms with E-state index in [-0.39, 0.29) is 5.41 Å². The van der Waals surface area contributed by atoms with Crippen LogP contribution in [0.3, 0.4) is 0 Å². The van der Waals surface area contributed by atoms with Crippen LogP contribution in [0.15, 0.2) is 24.3 Å². The van der Waals surface area contributed by atoms with Gasteiger partial charge in [0.25, 0.3) is 0 Å². The Morgan fingerprint density at radius 1 is 1.00 bits per heavy atom. The Morgan fingerprint density at radius 2 is 1.68 bits per heavy atom. The predicted octanol–water partition coefficient (Wildman–Crippen LogP) is 2.28. The maximum atomic E-state index is 5.72. The van der Waals surface area contributed by atoms with Crippen LogP contribution in [0.25, 0.3) is 0 Å². The molecular weight excluding hydrogens is 276 g/mol. The van der Waals surface area contributed by atoms with Gasteiger partial charge in [0.2, 0.25) is 0 Å². The summed E-state index contributed by atoms with van der Waals surface area (Å²) >= 11 is 0. The fourth-order valence-corrected chi connectivity index (χ4v) is 2.50. The summed E-state index contributed by atoms with van der Waals surface area (Å²) < 4.78 is 11.4. The lowest BCUT2D eigenvalue weighted by atomic mass is 9.87. The summed E-state index contributed by atoms with van der Waals surface area (Å²) in [7, 11) is 0. The Labute approximate surface area is 134 Å². The Bertz CT molecular complexity index is 420. The van der Waals surface area contributed by atoms with E-state index < -0.39 is 0 Å². The zero-order valence-corrected chi connectivity index (χ0v) is 14.2. The smallest absolute Gasteiger partial charge is 0.119 e. The van der Waals surface area contributed by atoms with E-state index in [9.17, 15) is 0 Å². The monoisotopic (exact) mass is 306 g/mol. The van der Waals surface area contributed by atoms with Crippen LogP contribution in [0, 0.1) is 0 Å². The topological polar surface area (TPSA) is 33.7 Å². The molecule has 1 heterocycles. The predicted molar refractivity (Wildman–Crippen MR) is 90.8 cm³/mol. The summed E-state index contributed by atoms with van der Waals surface area (Å²) in [5.74, 6) is 0.915. The van der Waals surface area contributed by atoms with E-state index in [1.165, 1.54) is 5.56 Å². The standard InChI is InChI=1S/C18H30N2O2/c1-18(2,3)16-4-6-17(7-5-16)22-15-14-21-13-12-20-10-8-19-9-11-20/h4-7,19H,8-15H2,1-3H3. The summed E-state index contributed by atoms with van der Waals surface area (Å²) in [5, 5.41) is 3.35. The van der Waals surface area contributed by atoms with Crippen molar-refractivity contribution < 1.29 is 9.47 Å². The molecule has 0 aliphatic carbocycles. The fraction of sp³-hybridized carbons (Fsp3) is 0.667. The third-order valence-electron chi connectivity index (χ3n) is 3.98. The van der Waals surface area contributed by atoms with Crippen LogP contribution >= 0.6 is 0 Å². The molecule has 22 heavy (non-hydrogen) atoms. The third kappa shape index (κ3) is 5.95. The van der Waals surface area contributed by atoms with Crippen molar-refractivity contribution in [1.29, 1.82) is 0 Å². The van der Waals surface area contributed by atoms with Crippen LogP contribution in [0.1, 0.15) is 26.3 Å². The summed E-state index contributed by atoms with van der Waals surface area (Å²) in [5.41, 5.74) is 1.51. The van der Waals surface area contributed by atoms with Gasteiger partial charge >= 0.3 is 0 Å². The van der Waals surface area contributed by atoms with Crippen LogP contribution in [0.5, 0.6) is 5.75 Å². The van der Waals surface area contributed by atoms with E-state index in [2.05, 4.69) is 43.1 Å². The number of nitrogens with zero attached hydrogens (tertiary/aromatic N) is 1. The minimum Gasteiger partial charge on any atom is -0.491 e. The average Bonchev–Trinajstić information content (AvgIpc) is 2.51. The van der Waals surface area contributed by atoms with Crippen molar-refractivity contribution in [3.8, 4) is 5.75 Å². The minimum absolute atomic E-state index is 0.186. The van der Waals surface area contributed by atoms with Gasteiger partial charge in [-0.25, -0.2) is 0 Å². The van der Waals surface area contributed by atoms with Gasteiger partial charge in [-0.1, -0.05) is 32.9 Å². The molecular formula is C18H30N2O2. The van der Waals surface area contributed by atoms with Crippen LogP contribution in [0.4, 0.5) is 0 Å². The molecule has 0 unspecified atom stereocenters. The van der Waals surface area contributed by atoms with Crippen molar-refractivity contribution in [2.24, 2.45) is 0 Å². The van der Waals surface area contributed by atoms with Crippen molar-refractivity contribution in [2.75, 3.05) is 52.5 Å². The van der Waals surface area contributed by atoms with Crippen molar-refractivity contribution in [3.05, 3.63) is 29.8 Å². The number of ether oxygens (including phenoxy) is 2. The number of hydrogen-bond donors (Lipinski definition) is 1. The molecule has 1 aliphatic rings. The van der Waals surface area contributed by atoms with Crippen LogP contribution in [-0.2, 0) is 10.2 Å². The molecule has 1 aliphatic heterocycles. The van der Waals surface area contributed by atoms with Gasteiger partial charge in [-0.15, -0.1) is 0 Å². The maximum Gasteiger partial charge on any atom is 0.119 e. The second kappa shape index (κ2) is 8.51. The van der Waals surface area contributed by atoms with Crippen LogP contribution in [-0.4, -0.2) is 57.4 Å². The van der Waals surface area contributed by atoms with Crippen molar-refractivity contribution in [3.63, 3.8) is 0 Å². The van der Waals surface area contributed by atoms with Crippen LogP contribution < -0.4 is 10.1 Å². The van der Waals surface area contributed by atoms with E-state index in [0.29, 0.717) is 13.2 Å². The number of hydrogen-bond acceptors (Lipinski definition) is 4. The molecule has 0 radical (unpaired) electrons. The first-order chi connectivity index (χ1) is 10.6. The highest BCUT2D eigenvalue weighted by molar-refractivity contribution is 5.31. The first-order valence-corrected chi connectivity index (χ1v) is 8.30. The quantitative estimate of drug-likeness (QED) is 0.784. The zero-order chi connectivity index (χ0) is 15.8. The van der Waals surface area contributed by atoms with E-state index >= 15 is 0 Å². The highest BCUT2D eigenvalue weighted by Crippen LogP contribution is 2.24. The fourth-order valence-electron chi connectivity index (χ4n) is 2.50. The summed E-state index contributed by atoms with van der Waals surface area (Å²) in [6.45, 7) is 14.1. The second-order valence-corrected chi connectivity index (χ2v) is 6.83. The van der Waals surface area contributed by atoms with Gasteiger partial charge in [0.15, 0.2) is 0 Å². The number of piperazine rings is 1. The Balaban J connectivity index is 1.56. The van der Waals surface area contributed by atoms with Gasteiger partial charge in [0.05, 0.1) is 13.2 Å². The average molecular weight is 306 g/mol. The Morgan fingerprint density at radius 3 is 2.32 bits per heavy atom. The highest BCUT2D eigenvalue weighted by Gasteiger charge is 2.13. The molecule has 1 saturated heterocycles. The zero-order valence-electron chi connectivity index (χ0n) is 14.2. The SMILES string of the molecule is CC(C)(C)c1ccc(OCCOCCN2CCNCC2)cc1. The number of nitrogens with one attached hydrogen (secondary N) is 1. The molecule has 4 heteroatoms. The van der Waals surface area contributed by atoms with Gasteiger partial charge in [-0.05, 0) is 23.1 Å². The minimum atomic E-state index is 0.186.